The molecule has 0 N–H and O–H groups in total. The van der Waals surface area contributed by atoms with Crippen LogP contribution in [0.15, 0.2) is 15.1 Å². The van der Waals surface area contributed by atoms with Gasteiger partial charge in [0.15, 0.2) is 0 Å². The lowest BCUT2D eigenvalue weighted by atomic mass is 10.2. The first kappa shape index (κ1) is 11.5. The molecule has 0 bridgehead atoms. The zero-order valence-corrected chi connectivity index (χ0v) is 9.94. The number of hydrogen-bond donors (Lipinski definition) is 0. The number of alkyl halides is 2. The van der Waals surface area contributed by atoms with Gasteiger partial charge in [0.2, 0.25) is 0 Å². The molecule has 0 amide bonds. The van der Waals surface area contributed by atoms with Crippen LogP contribution in [-0.2, 0) is 6.42 Å². The van der Waals surface area contributed by atoms with E-state index in [1.54, 1.807) is 0 Å². The molecule has 74 valence electrons. The molecule has 0 aliphatic carbocycles. The van der Waals surface area contributed by atoms with Crippen molar-refractivity contribution in [3.8, 4) is 6.07 Å². The van der Waals surface area contributed by atoms with Crippen molar-refractivity contribution < 1.29 is 8.78 Å². The molecule has 2 nitrogen and oxygen atoms in total. The Kier molecular flexibility index (Phi) is 3.96. The molecule has 0 aliphatic heterocycles. The van der Waals surface area contributed by atoms with Gasteiger partial charge in [0.1, 0.15) is 10.3 Å². The fraction of sp³-hybridized carbons (Fsp3) is 0.250. The second-order valence-corrected chi connectivity index (χ2v) is 4.05. The van der Waals surface area contributed by atoms with Crippen LogP contribution in [0.1, 0.15) is 17.7 Å². The number of aromatic nitrogens is 1. The summed E-state index contributed by atoms with van der Waals surface area (Å²) < 4.78 is 25.2. The van der Waals surface area contributed by atoms with Gasteiger partial charge in [-0.3, -0.25) is 0 Å². The Morgan fingerprint density at radius 2 is 2.14 bits per heavy atom. The molecule has 0 atom stereocenters. The maximum Gasteiger partial charge on any atom is 0.281 e. The van der Waals surface area contributed by atoms with Gasteiger partial charge >= 0.3 is 0 Å². The third-order valence-electron chi connectivity index (χ3n) is 1.51. The van der Waals surface area contributed by atoms with Crippen LogP contribution in [0.5, 0.6) is 0 Å². The minimum Gasteiger partial charge on any atom is -0.238 e. The number of nitriles is 1. The molecule has 0 saturated heterocycles. The van der Waals surface area contributed by atoms with Gasteiger partial charge < -0.3 is 0 Å². The summed E-state index contributed by atoms with van der Waals surface area (Å²) in [5.74, 6) is 0. The van der Waals surface area contributed by atoms with E-state index in [-0.39, 0.29) is 21.2 Å². The van der Waals surface area contributed by atoms with Crippen LogP contribution in [0.25, 0.3) is 0 Å². The van der Waals surface area contributed by atoms with Crippen LogP contribution in [0.4, 0.5) is 8.78 Å². The minimum atomic E-state index is -2.63. The number of halogens is 4. The van der Waals surface area contributed by atoms with E-state index in [2.05, 4.69) is 36.8 Å². The Labute approximate surface area is 96.2 Å². The van der Waals surface area contributed by atoms with E-state index in [1.165, 1.54) is 6.07 Å². The van der Waals surface area contributed by atoms with E-state index in [0.29, 0.717) is 5.56 Å². The van der Waals surface area contributed by atoms with Crippen molar-refractivity contribution in [1.82, 2.24) is 4.98 Å². The maximum atomic E-state index is 12.3. The van der Waals surface area contributed by atoms with Gasteiger partial charge in [-0.05, 0) is 37.9 Å². The predicted octanol–water partition coefficient (Wildman–Crippen LogP) is 3.61. The standard InChI is InChI=1S/C8H4Br2F2N2/c9-5-3-4(1-2-13)7(10)14-6(5)8(11)12/h3,8H,1H2. The van der Waals surface area contributed by atoms with E-state index < -0.39 is 6.43 Å². The number of nitrogens with zero attached hydrogens (tertiary/aromatic N) is 2. The Morgan fingerprint density at radius 1 is 1.50 bits per heavy atom. The quantitative estimate of drug-likeness (QED) is 0.779. The molecule has 6 heteroatoms. The van der Waals surface area contributed by atoms with Gasteiger partial charge in [0.25, 0.3) is 6.43 Å². The maximum absolute atomic E-state index is 12.3. The highest BCUT2D eigenvalue weighted by Gasteiger charge is 2.16. The molecule has 0 spiro atoms. The van der Waals surface area contributed by atoms with Crippen molar-refractivity contribution >= 4 is 31.9 Å². The number of pyridine rings is 1. The summed E-state index contributed by atoms with van der Waals surface area (Å²) in [6.07, 6.45) is -2.49. The van der Waals surface area contributed by atoms with Gasteiger partial charge in [0.05, 0.1) is 12.5 Å². The summed E-state index contributed by atoms with van der Waals surface area (Å²) in [5, 5.41) is 8.45. The first-order valence-electron chi connectivity index (χ1n) is 3.56. The van der Waals surface area contributed by atoms with Crippen molar-refractivity contribution in [3.05, 3.63) is 26.4 Å². The van der Waals surface area contributed by atoms with Crippen LogP contribution in [0, 0.1) is 11.3 Å². The van der Waals surface area contributed by atoms with Gasteiger partial charge in [0, 0.05) is 10.0 Å². The second-order valence-electron chi connectivity index (χ2n) is 2.44. The largest absolute Gasteiger partial charge is 0.281 e. The van der Waals surface area contributed by atoms with E-state index in [0.717, 1.165) is 0 Å². The molecule has 0 aromatic carbocycles. The van der Waals surface area contributed by atoms with E-state index in [1.807, 2.05) is 6.07 Å². The summed E-state index contributed by atoms with van der Waals surface area (Å²) in [6.45, 7) is 0. The number of hydrogen-bond acceptors (Lipinski definition) is 2. The fourth-order valence-corrected chi connectivity index (χ4v) is 1.86. The average Bonchev–Trinajstić information content (AvgIpc) is 2.10. The van der Waals surface area contributed by atoms with Crippen molar-refractivity contribution in [3.63, 3.8) is 0 Å². The Bertz CT molecular complexity index is 388. The zero-order valence-electron chi connectivity index (χ0n) is 6.77. The molecule has 1 heterocycles. The molecule has 1 aromatic rings. The molecule has 0 unspecified atom stereocenters. The van der Waals surface area contributed by atoms with Crippen LogP contribution in [0.3, 0.4) is 0 Å². The van der Waals surface area contributed by atoms with Gasteiger partial charge in [-0.2, -0.15) is 5.26 Å². The topological polar surface area (TPSA) is 36.7 Å². The summed E-state index contributed by atoms with van der Waals surface area (Å²) in [6, 6.07) is 3.40. The second kappa shape index (κ2) is 4.80. The summed E-state index contributed by atoms with van der Waals surface area (Å²) in [4.78, 5) is 3.66. The Morgan fingerprint density at radius 3 is 2.64 bits per heavy atom. The normalized spacial score (nSPS) is 10.3. The third kappa shape index (κ3) is 2.49. The summed E-state index contributed by atoms with van der Waals surface area (Å²) >= 11 is 6.01. The zero-order chi connectivity index (χ0) is 10.7. The van der Waals surface area contributed by atoms with E-state index >= 15 is 0 Å². The van der Waals surface area contributed by atoms with Gasteiger partial charge in [-0.25, -0.2) is 13.8 Å². The average molecular weight is 326 g/mol. The van der Waals surface area contributed by atoms with Gasteiger partial charge in [-0.1, -0.05) is 0 Å². The Hall–Kier alpha value is -0.540. The molecule has 1 aromatic heterocycles. The summed E-state index contributed by atoms with van der Waals surface area (Å²) in [5.41, 5.74) is 0.266. The van der Waals surface area contributed by atoms with Crippen LogP contribution in [0.2, 0.25) is 0 Å². The van der Waals surface area contributed by atoms with Crippen LogP contribution < -0.4 is 0 Å². The lowest BCUT2D eigenvalue weighted by molar-refractivity contribution is 0.145. The Balaban J connectivity index is 3.18. The third-order valence-corrected chi connectivity index (χ3v) is 2.83. The van der Waals surface area contributed by atoms with Crippen LogP contribution in [-0.4, -0.2) is 4.98 Å². The lowest BCUT2D eigenvalue weighted by Crippen LogP contribution is -1.96. The van der Waals surface area contributed by atoms with Gasteiger partial charge in [-0.15, -0.1) is 0 Å². The molecule has 14 heavy (non-hydrogen) atoms. The monoisotopic (exact) mass is 324 g/mol. The van der Waals surface area contributed by atoms with E-state index in [4.69, 9.17) is 5.26 Å². The highest BCUT2D eigenvalue weighted by Crippen LogP contribution is 2.29. The van der Waals surface area contributed by atoms with E-state index in [9.17, 15) is 8.78 Å². The van der Waals surface area contributed by atoms with Crippen LogP contribution >= 0.6 is 31.9 Å². The van der Waals surface area contributed by atoms with Crippen molar-refractivity contribution in [2.24, 2.45) is 0 Å². The number of rotatable bonds is 2. The first-order valence-corrected chi connectivity index (χ1v) is 5.14. The molecule has 0 aliphatic rings. The molecular weight excluding hydrogens is 322 g/mol. The molecule has 0 radical (unpaired) electrons. The highest BCUT2D eigenvalue weighted by atomic mass is 79.9. The lowest BCUT2D eigenvalue weighted by Gasteiger charge is -2.05. The SMILES string of the molecule is N#CCc1cc(Br)c(C(F)F)nc1Br. The minimum absolute atomic E-state index is 0.135. The first-order chi connectivity index (χ1) is 6.56. The van der Waals surface area contributed by atoms with Crippen molar-refractivity contribution in [1.29, 1.82) is 5.26 Å². The predicted molar refractivity (Wildman–Crippen MR) is 53.9 cm³/mol. The fourth-order valence-electron chi connectivity index (χ4n) is 0.880. The summed E-state index contributed by atoms with van der Waals surface area (Å²) in [7, 11) is 0. The smallest absolute Gasteiger partial charge is 0.238 e. The molecule has 0 saturated carbocycles. The molecular formula is C8H4Br2F2N2. The highest BCUT2D eigenvalue weighted by molar-refractivity contribution is 9.11. The van der Waals surface area contributed by atoms with Crippen molar-refractivity contribution in [2.45, 2.75) is 12.8 Å². The van der Waals surface area contributed by atoms with Crippen molar-refractivity contribution in [2.75, 3.05) is 0 Å². The molecule has 0 fully saturated rings. The molecule has 1 rings (SSSR count).